The fourth-order valence-corrected chi connectivity index (χ4v) is 2.45. The van der Waals surface area contributed by atoms with Crippen LogP contribution in [0.1, 0.15) is 46.0 Å². The minimum Gasteiger partial charge on any atom is -0.392 e. The molecule has 1 atom stereocenters. The minimum atomic E-state index is -0.0796. The highest BCUT2D eigenvalue weighted by molar-refractivity contribution is 4.77. The van der Waals surface area contributed by atoms with Crippen molar-refractivity contribution >= 4 is 0 Å². The molecule has 1 N–H and O–H groups in total. The summed E-state index contributed by atoms with van der Waals surface area (Å²) in [7, 11) is 0. The molecule has 0 bridgehead atoms. The van der Waals surface area contributed by atoms with Crippen LogP contribution in [0.4, 0.5) is 0 Å². The summed E-state index contributed by atoms with van der Waals surface area (Å²) in [5, 5.41) is 10.0. The van der Waals surface area contributed by atoms with E-state index in [2.05, 4.69) is 18.7 Å². The van der Waals surface area contributed by atoms with Crippen molar-refractivity contribution in [1.29, 1.82) is 0 Å². The summed E-state index contributed by atoms with van der Waals surface area (Å²) < 4.78 is 0. The molecule has 1 rings (SSSR count). The Morgan fingerprint density at radius 1 is 1.29 bits per heavy atom. The van der Waals surface area contributed by atoms with Crippen LogP contribution in [-0.4, -0.2) is 35.7 Å². The smallest absolute Gasteiger partial charge is 0.0695 e. The van der Waals surface area contributed by atoms with Crippen LogP contribution >= 0.6 is 0 Å². The molecule has 1 unspecified atom stereocenters. The van der Waals surface area contributed by atoms with Crippen molar-refractivity contribution in [2.24, 2.45) is 5.92 Å². The molecule has 1 saturated carbocycles. The first-order valence-corrected chi connectivity index (χ1v) is 6.18. The van der Waals surface area contributed by atoms with E-state index in [1.807, 2.05) is 0 Å². The Hall–Kier alpha value is -0.0800. The lowest BCUT2D eigenvalue weighted by atomic mass is 10.0. The van der Waals surface area contributed by atoms with E-state index in [0.29, 0.717) is 5.92 Å². The monoisotopic (exact) mass is 199 g/mol. The van der Waals surface area contributed by atoms with E-state index in [9.17, 15) is 5.11 Å². The zero-order valence-corrected chi connectivity index (χ0v) is 9.71. The van der Waals surface area contributed by atoms with Gasteiger partial charge >= 0.3 is 0 Å². The lowest BCUT2D eigenvalue weighted by molar-refractivity contribution is 0.0675. The average molecular weight is 199 g/mol. The van der Waals surface area contributed by atoms with Crippen LogP contribution in [0.25, 0.3) is 0 Å². The Balaban J connectivity index is 2.25. The molecule has 0 spiro atoms. The first kappa shape index (κ1) is 12.0. The van der Waals surface area contributed by atoms with Crippen molar-refractivity contribution in [3.8, 4) is 0 Å². The molecule has 0 saturated heterocycles. The molecule has 0 aromatic heterocycles. The van der Waals surface area contributed by atoms with Crippen molar-refractivity contribution in [1.82, 2.24) is 4.90 Å². The maximum atomic E-state index is 10.0. The highest BCUT2D eigenvalue weighted by Crippen LogP contribution is 2.27. The van der Waals surface area contributed by atoms with Gasteiger partial charge < -0.3 is 10.0 Å². The molecule has 2 nitrogen and oxygen atoms in total. The predicted molar refractivity (Wildman–Crippen MR) is 60.4 cm³/mol. The lowest BCUT2D eigenvalue weighted by Crippen LogP contribution is -2.36. The molecule has 1 aliphatic rings. The quantitative estimate of drug-likeness (QED) is 0.709. The van der Waals surface area contributed by atoms with Gasteiger partial charge in [0.05, 0.1) is 6.10 Å². The van der Waals surface area contributed by atoms with E-state index in [1.54, 1.807) is 0 Å². The number of hydrogen-bond acceptors (Lipinski definition) is 2. The summed E-state index contributed by atoms with van der Waals surface area (Å²) in [6.07, 6.45) is 6.23. The summed E-state index contributed by atoms with van der Waals surface area (Å²) in [4.78, 5) is 2.36. The summed E-state index contributed by atoms with van der Waals surface area (Å²) in [6, 6.07) is 0. The topological polar surface area (TPSA) is 23.5 Å². The van der Waals surface area contributed by atoms with Gasteiger partial charge in [0.1, 0.15) is 0 Å². The Bertz CT molecular complexity index is 143. The number of nitrogens with zero attached hydrogens (tertiary/aromatic N) is 1. The van der Waals surface area contributed by atoms with Gasteiger partial charge in [-0.25, -0.2) is 0 Å². The molecule has 0 heterocycles. The highest BCUT2D eigenvalue weighted by Gasteiger charge is 2.24. The van der Waals surface area contributed by atoms with Gasteiger partial charge in [-0.1, -0.05) is 26.7 Å². The Kier molecular flexibility index (Phi) is 5.49. The first-order valence-electron chi connectivity index (χ1n) is 6.18. The minimum absolute atomic E-state index is 0.0796. The normalized spacial score (nSPS) is 20.6. The van der Waals surface area contributed by atoms with Crippen LogP contribution in [0.2, 0.25) is 0 Å². The number of rotatable bonds is 6. The van der Waals surface area contributed by atoms with E-state index in [1.165, 1.54) is 32.1 Å². The zero-order valence-electron chi connectivity index (χ0n) is 9.71. The van der Waals surface area contributed by atoms with Crippen LogP contribution in [0.5, 0.6) is 0 Å². The van der Waals surface area contributed by atoms with E-state index in [-0.39, 0.29) is 6.10 Å². The Labute approximate surface area is 88.3 Å². The zero-order chi connectivity index (χ0) is 10.4. The van der Waals surface area contributed by atoms with Crippen molar-refractivity contribution in [2.45, 2.75) is 52.1 Å². The molecule has 0 aliphatic heterocycles. The summed E-state index contributed by atoms with van der Waals surface area (Å²) >= 11 is 0. The predicted octanol–water partition coefficient (Wildman–Crippen LogP) is 2.27. The maximum absolute atomic E-state index is 10.0. The molecule has 1 fully saturated rings. The van der Waals surface area contributed by atoms with Crippen molar-refractivity contribution in [2.75, 3.05) is 19.6 Å². The van der Waals surface area contributed by atoms with Gasteiger partial charge in [-0.2, -0.15) is 0 Å². The number of aliphatic hydroxyl groups excluding tert-OH is 1. The van der Waals surface area contributed by atoms with Gasteiger partial charge in [-0.3, -0.25) is 0 Å². The summed E-state index contributed by atoms with van der Waals surface area (Å²) in [5.41, 5.74) is 0. The summed E-state index contributed by atoms with van der Waals surface area (Å²) in [5.74, 6) is 0.584. The Morgan fingerprint density at radius 2 is 1.93 bits per heavy atom. The standard InChI is InChI=1S/C12H25NO/c1-3-9-13(4-2)10-12(14)11-7-5-6-8-11/h11-12,14H,3-10H2,1-2H3. The van der Waals surface area contributed by atoms with Gasteiger partial charge in [0.15, 0.2) is 0 Å². The summed E-state index contributed by atoms with van der Waals surface area (Å²) in [6.45, 7) is 7.45. The van der Waals surface area contributed by atoms with Gasteiger partial charge in [-0.05, 0) is 38.3 Å². The third-order valence-electron chi connectivity index (χ3n) is 3.38. The number of aliphatic hydroxyl groups is 1. The highest BCUT2D eigenvalue weighted by atomic mass is 16.3. The molecule has 0 aromatic rings. The van der Waals surface area contributed by atoms with Crippen LogP contribution in [0.15, 0.2) is 0 Å². The lowest BCUT2D eigenvalue weighted by Gasteiger charge is -2.26. The second-order valence-corrected chi connectivity index (χ2v) is 4.51. The van der Waals surface area contributed by atoms with Gasteiger partial charge in [0, 0.05) is 6.54 Å². The largest absolute Gasteiger partial charge is 0.392 e. The van der Waals surface area contributed by atoms with E-state index in [4.69, 9.17) is 0 Å². The van der Waals surface area contributed by atoms with Crippen molar-refractivity contribution in [3.63, 3.8) is 0 Å². The van der Waals surface area contributed by atoms with Crippen LogP contribution < -0.4 is 0 Å². The van der Waals surface area contributed by atoms with E-state index in [0.717, 1.165) is 19.6 Å². The SMILES string of the molecule is CCCN(CC)CC(O)C1CCCC1. The third kappa shape index (κ3) is 3.58. The third-order valence-corrected chi connectivity index (χ3v) is 3.38. The molecule has 0 amide bonds. The second kappa shape index (κ2) is 6.41. The molecule has 0 radical (unpaired) electrons. The molecule has 14 heavy (non-hydrogen) atoms. The van der Waals surface area contributed by atoms with Gasteiger partial charge in [0.2, 0.25) is 0 Å². The van der Waals surface area contributed by atoms with Crippen molar-refractivity contribution in [3.05, 3.63) is 0 Å². The van der Waals surface area contributed by atoms with E-state index < -0.39 is 0 Å². The maximum Gasteiger partial charge on any atom is 0.0695 e. The van der Waals surface area contributed by atoms with Crippen LogP contribution in [0.3, 0.4) is 0 Å². The molecular weight excluding hydrogens is 174 g/mol. The number of likely N-dealkylation sites (N-methyl/N-ethyl adjacent to an activating group) is 1. The first-order chi connectivity index (χ1) is 6.77. The number of hydrogen-bond donors (Lipinski definition) is 1. The molecule has 0 aromatic carbocycles. The molecule has 84 valence electrons. The van der Waals surface area contributed by atoms with Gasteiger partial charge in [-0.15, -0.1) is 0 Å². The van der Waals surface area contributed by atoms with E-state index >= 15 is 0 Å². The average Bonchev–Trinajstić information content (AvgIpc) is 2.69. The molecule has 1 aliphatic carbocycles. The van der Waals surface area contributed by atoms with Crippen molar-refractivity contribution < 1.29 is 5.11 Å². The fraction of sp³-hybridized carbons (Fsp3) is 1.00. The second-order valence-electron chi connectivity index (χ2n) is 4.51. The Morgan fingerprint density at radius 3 is 2.43 bits per heavy atom. The fourth-order valence-electron chi connectivity index (χ4n) is 2.45. The van der Waals surface area contributed by atoms with Crippen LogP contribution in [-0.2, 0) is 0 Å². The van der Waals surface area contributed by atoms with Crippen LogP contribution in [0, 0.1) is 5.92 Å². The molecule has 2 heteroatoms. The van der Waals surface area contributed by atoms with Gasteiger partial charge in [0.25, 0.3) is 0 Å². The molecular formula is C12H25NO.